The molecule has 2 fully saturated rings. The second-order valence-electron chi connectivity index (χ2n) is 11.9. The van der Waals surface area contributed by atoms with Gasteiger partial charge in [0.25, 0.3) is 5.91 Å². The van der Waals surface area contributed by atoms with Crippen LogP contribution in [0.4, 0.5) is 36.3 Å². The predicted molar refractivity (Wildman–Crippen MR) is 170 cm³/mol. The minimum atomic E-state index is -4.79. The highest BCUT2D eigenvalue weighted by molar-refractivity contribution is 7.92. The Morgan fingerprint density at radius 1 is 1.26 bits per heavy atom. The number of rotatable bonds is 10. The van der Waals surface area contributed by atoms with E-state index in [1.54, 1.807) is 25.1 Å². The quantitative estimate of drug-likeness (QED) is 0.270. The SMILES string of the molecule is COc1cc(C(=O)N[C@H]2CC23CCN(C)C3)c(Cl)cc1Nc1ncc(C(F)(F)F)c(NCc2ccc(C)cc2N(C)S(C)(=O)=O)n1. The number of hydrogen-bond donors (Lipinski definition) is 3. The van der Waals surface area contributed by atoms with Gasteiger partial charge in [-0.2, -0.15) is 18.2 Å². The van der Waals surface area contributed by atoms with E-state index in [9.17, 15) is 26.4 Å². The van der Waals surface area contributed by atoms with Gasteiger partial charge in [0.05, 0.1) is 35.3 Å². The van der Waals surface area contributed by atoms with Gasteiger partial charge in [0, 0.05) is 37.8 Å². The molecular weight excluding hydrogens is 647 g/mol. The zero-order valence-electron chi connectivity index (χ0n) is 25.9. The van der Waals surface area contributed by atoms with Gasteiger partial charge in [0.1, 0.15) is 17.1 Å². The normalized spacial score (nSPS) is 19.6. The number of hydrogen-bond acceptors (Lipinski definition) is 9. The predicted octanol–water partition coefficient (Wildman–Crippen LogP) is 5.04. The Morgan fingerprint density at radius 3 is 2.63 bits per heavy atom. The summed E-state index contributed by atoms with van der Waals surface area (Å²) in [6.45, 7) is 3.51. The van der Waals surface area contributed by atoms with Crippen molar-refractivity contribution < 1.29 is 31.1 Å². The van der Waals surface area contributed by atoms with Crippen molar-refractivity contribution in [3.8, 4) is 5.75 Å². The maximum Gasteiger partial charge on any atom is 0.421 e. The van der Waals surface area contributed by atoms with Crippen molar-refractivity contribution in [3.63, 3.8) is 0 Å². The number of sulfonamides is 1. The number of ether oxygens (including phenoxy) is 1. The van der Waals surface area contributed by atoms with Crippen LogP contribution in [-0.4, -0.2) is 75.8 Å². The van der Waals surface area contributed by atoms with E-state index in [4.69, 9.17) is 16.3 Å². The molecule has 248 valence electrons. The van der Waals surface area contributed by atoms with Crippen molar-refractivity contribution in [2.45, 2.75) is 38.5 Å². The summed E-state index contributed by atoms with van der Waals surface area (Å²) >= 11 is 6.50. The first-order valence-corrected chi connectivity index (χ1v) is 16.6. The van der Waals surface area contributed by atoms with E-state index < -0.39 is 27.6 Å². The van der Waals surface area contributed by atoms with E-state index in [2.05, 4.69) is 37.9 Å². The number of carbonyl (C=O) groups is 1. The number of alkyl halides is 3. The van der Waals surface area contributed by atoms with E-state index in [1.165, 1.54) is 26.3 Å². The number of benzene rings is 2. The second kappa shape index (κ2) is 12.4. The van der Waals surface area contributed by atoms with Gasteiger partial charge in [-0.1, -0.05) is 23.7 Å². The number of likely N-dealkylation sites (tertiary alicyclic amines) is 1. The number of aromatic nitrogens is 2. The number of anilines is 4. The molecule has 3 N–H and O–H groups in total. The molecule has 1 aliphatic heterocycles. The number of aryl methyl sites for hydroxylation is 1. The number of amides is 1. The highest BCUT2D eigenvalue weighted by Gasteiger charge is 2.57. The molecule has 1 spiro atoms. The van der Waals surface area contributed by atoms with Gasteiger partial charge in [-0.05, 0) is 62.7 Å². The van der Waals surface area contributed by atoms with Crippen LogP contribution in [0.15, 0.2) is 36.5 Å². The zero-order chi connectivity index (χ0) is 33.6. The lowest BCUT2D eigenvalue weighted by Gasteiger charge is -2.22. The third kappa shape index (κ3) is 7.10. The third-order valence-electron chi connectivity index (χ3n) is 8.47. The van der Waals surface area contributed by atoms with E-state index in [1.807, 2.05) is 0 Å². The van der Waals surface area contributed by atoms with Crippen LogP contribution in [0.2, 0.25) is 5.02 Å². The Balaban J connectivity index is 1.38. The van der Waals surface area contributed by atoms with Crippen LogP contribution in [0, 0.1) is 12.3 Å². The molecule has 2 heterocycles. The van der Waals surface area contributed by atoms with Crippen molar-refractivity contribution in [3.05, 3.63) is 63.8 Å². The van der Waals surface area contributed by atoms with Gasteiger partial charge in [0.15, 0.2) is 0 Å². The zero-order valence-corrected chi connectivity index (χ0v) is 27.5. The fourth-order valence-electron chi connectivity index (χ4n) is 5.72. The molecule has 16 heteroatoms. The molecule has 0 radical (unpaired) electrons. The van der Waals surface area contributed by atoms with Crippen LogP contribution in [0.3, 0.4) is 0 Å². The summed E-state index contributed by atoms with van der Waals surface area (Å²) in [5.41, 5.74) is 0.913. The fourth-order valence-corrected chi connectivity index (χ4v) is 6.50. The summed E-state index contributed by atoms with van der Waals surface area (Å²) in [7, 11) is 1.16. The maximum absolute atomic E-state index is 13.9. The highest BCUT2D eigenvalue weighted by atomic mass is 35.5. The van der Waals surface area contributed by atoms with Crippen LogP contribution in [0.25, 0.3) is 0 Å². The Morgan fingerprint density at radius 2 is 2.00 bits per heavy atom. The molecule has 11 nitrogen and oxygen atoms in total. The van der Waals surface area contributed by atoms with Gasteiger partial charge in [-0.3, -0.25) is 9.10 Å². The molecule has 1 saturated carbocycles. The summed E-state index contributed by atoms with van der Waals surface area (Å²) in [5.74, 6) is -0.882. The summed E-state index contributed by atoms with van der Waals surface area (Å²) in [5, 5.41) is 8.70. The molecule has 2 atom stereocenters. The molecule has 1 aromatic heterocycles. The average Bonchev–Trinajstić information content (AvgIpc) is 3.49. The maximum atomic E-state index is 13.9. The molecule has 5 rings (SSSR count). The molecule has 2 aliphatic rings. The first-order valence-electron chi connectivity index (χ1n) is 14.4. The van der Waals surface area contributed by atoms with Gasteiger partial charge >= 0.3 is 6.18 Å². The second-order valence-corrected chi connectivity index (χ2v) is 14.3. The highest BCUT2D eigenvalue weighted by Crippen LogP contribution is 2.52. The summed E-state index contributed by atoms with van der Waals surface area (Å²) < 4.78 is 72.8. The van der Waals surface area contributed by atoms with Gasteiger partial charge in [-0.15, -0.1) is 0 Å². The number of halogens is 4. The van der Waals surface area contributed by atoms with Gasteiger partial charge < -0.3 is 25.6 Å². The molecule has 1 aliphatic carbocycles. The minimum Gasteiger partial charge on any atom is -0.495 e. The van der Waals surface area contributed by atoms with Crippen LogP contribution < -0.4 is 25.0 Å². The molecular formula is C30H35ClF3N7O4S. The summed E-state index contributed by atoms with van der Waals surface area (Å²) in [6, 6.07) is 7.92. The molecule has 46 heavy (non-hydrogen) atoms. The minimum absolute atomic E-state index is 0.0547. The van der Waals surface area contributed by atoms with E-state index in [0.717, 1.165) is 42.1 Å². The van der Waals surface area contributed by atoms with E-state index in [-0.39, 0.29) is 51.9 Å². The Kier molecular flexibility index (Phi) is 9.05. The average molecular weight is 682 g/mol. The van der Waals surface area contributed by atoms with Crippen LogP contribution >= 0.6 is 11.6 Å². The lowest BCUT2D eigenvalue weighted by molar-refractivity contribution is -0.137. The van der Waals surface area contributed by atoms with Crippen LogP contribution in [0.5, 0.6) is 5.75 Å². The van der Waals surface area contributed by atoms with Crippen molar-refractivity contribution in [2.75, 3.05) is 55.5 Å². The Labute approximate surface area is 270 Å². The number of carbonyl (C=O) groups excluding carboxylic acids is 1. The topological polar surface area (TPSA) is 129 Å². The smallest absolute Gasteiger partial charge is 0.421 e. The molecule has 1 saturated heterocycles. The van der Waals surface area contributed by atoms with Crippen LogP contribution in [0.1, 0.15) is 39.9 Å². The Hall–Kier alpha value is -3.82. The number of nitrogens with one attached hydrogen (secondary N) is 3. The first-order chi connectivity index (χ1) is 21.5. The van der Waals surface area contributed by atoms with Gasteiger partial charge in [0.2, 0.25) is 16.0 Å². The standard InChI is InChI=1S/C30H35ClF3N7O4S/c1-17-6-7-18(23(10-17)41(3)46(5,43)44)14-35-26-20(30(32,33)34)15-36-28(39-26)37-22-12-21(31)19(11-24(22)45-4)27(42)38-25-13-29(25)8-9-40(2)16-29/h6-7,10-12,15,25H,8-9,13-14,16H2,1-5H3,(H,38,42)(H2,35,36,37,39)/t25-,29?/m0/s1. The Bertz CT molecular complexity index is 1780. The molecule has 0 bridgehead atoms. The number of methoxy groups -OCH3 is 1. The third-order valence-corrected chi connectivity index (χ3v) is 9.97. The fraction of sp³-hybridized carbons (Fsp3) is 0.433. The molecule has 2 aromatic carbocycles. The lowest BCUT2D eigenvalue weighted by atomic mass is 10.1. The van der Waals surface area contributed by atoms with E-state index >= 15 is 0 Å². The first kappa shape index (κ1) is 33.5. The van der Waals surface area contributed by atoms with E-state index in [0.29, 0.717) is 17.4 Å². The monoisotopic (exact) mass is 681 g/mol. The molecule has 1 unspecified atom stereocenters. The van der Waals surface area contributed by atoms with Crippen molar-refractivity contribution in [1.29, 1.82) is 0 Å². The summed E-state index contributed by atoms with van der Waals surface area (Å²) in [4.78, 5) is 23.3. The number of nitrogens with zero attached hydrogens (tertiary/aromatic N) is 4. The van der Waals surface area contributed by atoms with Gasteiger partial charge in [-0.25, -0.2) is 13.4 Å². The summed E-state index contributed by atoms with van der Waals surface area (Å²) in [6.07, 6.45) is -1.20. The largest absolute Gasteiger partial charge is 0.495 e. The molecule has 1 amide bonds. The van der Waals surface area contributed by atoms with Crippen molar-refractivity contribution in [1.82, 2.24) is 20.2 Å². The lowest BCUT2D eigenvalue weighted by Crippen LogP contribution is -2.31. The van der Waals surface area contributed by atoms with Crippen LogP contribution in [-0.2, 0) is 22.7 Å². The van der Waals surface area contributed by atoms with Crippen molar-refractivity contribution in [2.24, 2.45) is 5.41 Å². The van der Waals surface area contributed by atoms with Crippen molar-refractivity contribution >= 4 is 50.7 Å². The molecule has 3 aromatic rings.